The van der Waals surface area contributed by atoms with Crippen LogP contribution in [0.15, 0.2) is 59.5 Å². The molecule has 0 aliphatic rings. The summed E-state index contributed by atoms with van der Waals surface area (Å²) < 4.78 is 56.6. The average molecular weight is 509 g/mol. The summed E-state index contributed by atoms with van der Waals surface area (Å²) >= 11 is 6.07. The average Bonchev–Trinajstić information content (AvgIpc) is 2.80. The first kappa shape index (κ1) is 25.1. The van der Waals surface area contributed by atoms with Gasteiger partial charge in [-0.15, -0.1) is 0 Å². The maximum Gasteiger partial charge on any atom is 0.262 e. The Hall–Kier alpha value is -3.50. The Kier molecular flexibility index (Phi) is 7.85. The number of carbonyl (C=O) groups is 1. The zero-order valence-corrected chi connectivity index (χ0v) is 20.1. The Morgan fingerprint density at radius 3 is 2.26 bits per heavy atom. The highest BCUT2D eigenvalue weighted by Crippen LogP contribution is 2.35. The third-order valence-electron chi connectivity index (χ3n) is 4.66. The predicted molar refractivity (Wildman–Crippen MR) is 127 cm³/mol. The van der Waals surface area contributed by atoms with E-state index in [0.29, 0.717) is 33.5 Å². The second kappa shape index (κ2) is 10.6. The van der Waals surface area contributed by atoms with Crippen molar-refractivity contribution < 1.29 is 31.8 Å². The Balaban J connectivity index is 1.67. The molecule has 0 atom stereocenters. The van der Waals surface area contributed by atoms with E-state index in [0.717, 1.165) is 12.1 Å². The molecule has 11 heteroatoms. The third kappa shape index (κ3) is 6.09. The van der Waals surface area contributed by atoms with Gasteiger partial charge in [-0.25, -0.2) is 12.8 Å². The van der Waals surface area contributed by atoms with Crippen LogP contribution < -0.4 is 24.2 Å². The number of hydrogen-bond acceptors (Lipinski definition) is 6. The predicted octanol–water partition coefficient (Wildman–Crippen LogP) is 4.62. The Morgan fingerprint density at radius 2 is 1.65 bits per heavy atom. The van der Waals surface area contributed by atoms with E-state index in [1.54, 1.807) is 6.92 Å². The van der Waals surface area contributed by atoms with Gasteiger partial charge in [0.15, 0.2) is 6.61 Å². The van der Waals surface area contributed by atoms with Crippen LogP contribution in [0.3, 0.4) is 0 Å². The van der Waals surface area contributed by atoms with Gasteiger partial charge in [0.05, 0.1) is 29.8 Å². The summed E-state index contributed by atoms with van der Waals surface area (Å²) in [6.07, 6.45) is 0. The molecule has 1 amide bonds. The molecule has 0 heterocycles. The molecule has 8 nitrogen and oxygen atoms in total. The number of ether oxygens (including phenoxy) is 3. The molecule has 180 valence electrons. The highest BCUT2D eigenvalue weighted by molar-refractivity contribution is 7.92. The van der Waals surface area contributed by atoms with E-state index in [4.69, 9.17) is 25.8 Å². The molecular weight excluding hydrogens is 487 g/mol. The number of methoxy groups -OCH3 is 2. The third-order valence-corrected chi connectivity index (χ3v) is 6.33. The molecule has 2 N–H and O–H groups in total. The maximum absolute atomic E-state index is 13.0. The molecule has 0 aliphatic carbocycles. The second-order valence-electron chi connectivity index (χ2n) is 7.06. The Labute approximate surface area is 201 Å². The van der Waals surface area contributed by atoms with Crippen molar-refractivity contribution in [1.29, 1.82) is 0 Å². The fraction of sp³-hybridized carbons (Fsp3) is 0.174. The highest BCUT2D eigenvalue weighted by Gasteiger charge is 2.17. The lowest BCUT2D eigenvalue weighted by Crippen LogP contribution is -2.21. The van der Waals surface area contributed by atoms with Crippen LogP contribution in [0.5, 0.6) is 17.2 Å². The minimum atomic E-state index is -3.90. The first-order valence-electron chi connectivity index (χ1n) is 9.86. The lowest BCUT2D eigenvalue weighted by molar-refractivity contribution is -0.118. The molecule has 0 aliphatic heterocycles. The maximum atomic E-state index is 13.0. The molecule has 0 saturated heterocycles. The molecule has 0 saturated carbocycles. The fourth-order valence-corrected chi connectivity index (χ4v) is 4.34. The van der Waals surface area contributed by atoms with Crippen molar-refractivity contribution in [3.63, 3.8) is 0 Å². The van der Waals surface area contributed by atoms with Crippen LogP contribution in [0, 0.1) is 12.7 Å². The lowest BCUT2D eigenvalue weighted by Gasteiger charge is -2.14. The summed E-state index contributed by atoms with van der Waals surface area (Å²) in [5, 5.41) is 2.99. The van der Waals surface area contributed by atoms with Crippen molar-refractivity contribution in [1.82, 2.24) is 0 Å². The molecule has 0 unspecified atom stereocenters. The molecule has 0 bridgehead atoms. The first-order chi connectivity index (χ1) is 16.1. The number of aryl methyl sites for hydroxylation is 1. The molecule has 3 aromatic rings. The minimum Gasteiger partial charge on any atom is -0.495 e. The molecular formula is C23H22ClFN2O6S. The topological polar surface area (TPSA) is 103 Å². The van der Waals surface area contributed by atoms with E-state index in [-0.39, 0.29) is 17.2 Å². The minimum absolute atomic E-state index is 0.0101. The van der Waals surface area contributed by atoms with Gasteiger partial charge in [0.25, 0.3) is 15.9 Å². The van der Waals surface area contributed by atoms with Crippen molar-refractivity contribution in [3.8, 4) is 17.2 Å². The van der Waals surface area contributed by atoms with Crippen molar-refractivity contribution in [2.45, 2.75) is 11.8 Å². The van der Waals surface area contributed by atoms with E-state index in [1.807, 2.05) is 0 Å². The molecule has 0 radical (unpaired) electrons. The number of benzene rings is 3. The van der Waals surface area contributed by atoms with Crippen LogP contribution in [0.4, 0.5) is 15.8 Å². The Morgan fingerprint density at radius 1 is 0.971 bits per heavy atom. The number of sulfonamides is 1. The Bertz CT molecular complexity index is 1300. The molecule has 34 heavy (non-hydrogen) atoms. The van der Waals surface area contributed by atoms with E-state index in [1.165, 1.54) is 56.7 Å². The van der Waals surface area contributed by atoms with E-state index in [9.17, 15) is 17.6 Å². The van der Waals surface area contributed by atoms with Crippen LogP contribution in [0.2, 0.25) is 5.02 Å². The number of rotatable bonds is 9. The number of anilines is 2. The molecule has 0 spiro atoms. The molecule has 3 rings (SSSR count). The SMILES string of the molecule is COc1cc(NC(=O)COc2ccc(S(=O)(=O)Nc3ccc(F)cc3)cc2C)c(OC)cc1Cl. The second-order valence-corrected chi connectivity index (χ2v) is 9.15. The van der Waals surface area contributed by atoms with Crippen molar-refractivity contribution >= 4 is 38.9 Å². The number of hydrogen-bond donors (Lipinski definition) is 2. The van der Waals surface area contributed by atoms with Gasteiger partial charge in [-0.1, -0.05) is 11.6 Å². The number of carbonyl (C=O) groups excluding carboxylic acids is 1. The standard InChI is InChI=1S/C23H22ClFN2O6S/c1-14-10-17(34(29,30)27-16-6-4-15(25)5-7-16)8-9-20(14)33-13-23(28)26-19-12-21(31-2)18(24)11-22(19)32-3/h4-12,27H,13H2,1-3H3,(H,26,28). The summed E-state index contributed by atoms with van der Waals surface area (Å²) in [7, 11) is -1.01. The van der Waals surface area contributed by atoms with E-state index in [2.05, 4.69) is 10.0 Å². The van der Waals surface area contributed by atoms with Gasteiger partial charge in [0, 0.05) is 17.8 Å². The number of halogens is 2. The summed E-state index contributed by atoms with van der Waals surface area (Å²) in [5.74, 6) is 0.0883. The first-order valence-corrected chi connectivity index (χ1v) is 11.7. The monoisotopic (exact) mass is 508 g/mol. The molecule has 0 aromatic heterocycles. The van der Waals surface area contributed by atoms with E-state index >= 15 is 0 Å². The van der Waals surface area contributed by atoms with Gasteiger partial charge in [0.2, 0.25) is 0 Å². The van der Waals surface area contributed by atoms with Gasteiger partial charge in [0.1, 0.15) is 23.1 Å². The van der Waals surface area contributed by atoms with Crippen LogP contribution in [-0.2, 0) is 14.8 Å². The normalized spacial score (nSPS) is 11.0. The van der Waals surface area contributed by atoms with Crippen molar-refractivity contribution in [2.75, 3.05) is 30.9 Å². The molecule has 3 aromatic carbocycles. The van der Waals surface area contributed by atoms with Crippen molar-refractivity contribution in [3.05, 3.63) is 71.0 Å². The number of nitrogens with one attached hydrogen (secondary N) is 2. The highest BCUT2D eigenvalue weighted by atomic mass is 35.5. The lowest BCUT2D eigenvalue weighted by atomic mass is 10.2. The largest absolute Gasteiger partial charge is 0.495 e. The van der Waals surface area contributed by atoms with Crippen LogP contribution in [0.1, 0.15) is 5.56 Å². The van der Waals surface area contributed by atoms with Gasteiger partial charge < -0.3 is 19.5 Å². The van der Waals surface area contributed by atoms with Gasteiger partial charge in [-0.3, -0.25) is 9.52 Å². The van der Waals surface area contributed by atoms with Gasteiger partial charge in [-0.05, 0) is 55.0 Å². The zero-order chi connectivity index (χ0) is 24.9. The number of amides is 1. The summed E-state index contributed by atoms with van der Waals surface area (Å²) in [6, 6.07) is 12.2. The molecule has 0 fully saturated rings. The van der Waals surface area contributed by atoms with E-state index < -0.39 is 21.7 Å². The van der Waals surface area contributed by atoms with Crippen LogP contribution in [0.25, 0.3) is 0 Å². The summed E-state index contributed by atoms with van der Waals surface area (Å²) in [4.78, 5) is 12.4. The quantitative estimate of drug-likeness (QED) is 0.437. The zero-order valence-electron chi connectivity index (χ0n) is 18.5. The fourth-order valence-electron chi connectivity index (χ4n) is 2.97. The summed E-state index contributed by atoms with van der Waals surface area (Å²) in [5.41, 5.74) is 1.08. The van der Waals surface area contributed by atoms with Crippen LogP contribution >= 0.6 is 11.6 Å². The van der Waals surface area contributed by atoms with Gasteiger partial charge in [-0.2, -0.15) is 0 Å². The smallest absolute Gasteiger partial charge is 0.262 e. The van der Waals surface area contributed by atoms with Gasteiger partial charge >= 0.3 is 0 Å². The van der Waals surface area contributed by atoms with Crippen LogP contribution in [-0.4, -0.2) is 35.2 Å². The van der Waals surface area contributed by atoms with Crippen molar-refractivity contribution in [2.24, 2.45) is 0 Å². The summed E-state index contributed by atoms with van der Waals surface area (Å²) in [6.45, 7) is 1.31.